The lowest BCUT2D eigenvalue weighted by Crippen LogP contribution is -2.19. The van der Waals surface area contributed by atoms with Gasteiger partial charge in [0.1, 0.15) is 0 Å². The average Bonchev–Trinajstić information content (AvgIpc) is 2.61. The maximum atomic E-state index is 13.1. The van der Waals surface area contributed by atoms with Gasteiger partial charge in [0.05, 0.1) is 16.9 Å². The Morgan fingerprint density at radius 1 is 0.800 bits per heavy atom. The molecule has 3 aromatic rings. The summed E-state index contributed by atoms with van der Waals surface area (Å²) >= 11 is 0. The van der Waals surface area contributed by atoms with E-state index in [0.29, 0.717) is 17.9 Å². The number of hydrogen-bond donors (Lipinski definition) is 1. The number of hydrogen-bond acceptors (Lipinski definition) is 2. The largest absolute Gasteiger partial charge is 0.416 e. The highest BCUT2D eigenvalue weighted by atomic mass is 19.4. The maximum absolute atomic E-state index is 13.1. The van der Waals surface area contributed by atoms with Crippen LogP contribution in [0.2, 0.25) is 0 Å². The highest BCUT2D eigenvalue weighted by Crippen LogP contribution is 2.37. The van der Waals surface area contributed by atoms with E-state index in [1.54, 1.807) is 4.90 Å². The second-order valence-electron chi connectivity index (χ2n) is 5.68. The number of halogens is 3. The van der Waals surface area contributed by atoms with Crippen molar-refractivity contribution in [3.63, 3.8) is 0 Å². The van der Waals surface area contributed by atoms with Crippen LogP contribution in [-0.4, -0.2) is 0 Å². The van der Waals surface area contributed by atoms with Crippen LogP contribution < -0.4 is 10.6 Å². The lowest BCUT2D eigenvalue weighted by molar-refractivity contribution is -0.137. The standard InChI is InChI=1S/C20H17F3N2/c21-20(22,23)16-11-12-18(24)19(13-16)25(17-9-5-2-6-10-17)14-15-7-3-1-4-8-15/h1-13H,14,24H2. The van der Waals surface area contributed by atoms with Crippen molar-refractivity contribution in [2.45, 2.75) is 12.7 Å². The molecule has 0 heterocycles. The number of para-hydroxylation sites is 1. The van der Waals surface area contributed by atoms with E-state index in [1.807, 2.05) is 60.7 Å². The Bertz CT molecular complexity index is 831. The Morgan fingerprint density at radius 3 is 2.00 bits per heavy atom. The number of nitrogens with two attached hydrogens (primary N) is 1. The molecule has 5 heteroatoms. The molecule has 3 aromatic carbocycles. The van der Waals surface area contributed by atoms with Crippen LogP contribution in [0.5, 0.6) is 0 Å². The van der Waals surface area contributed by atoms with Crippen LogP contribution in [0.3, 0.4) is 0 Å². The van der Waals surface area contributed by atoms with Crippen LogP contribution in [0.15, 0.2) is 78.9 Å². The molecule has 128 valence electrons. The lowest BCUT2D eigenvalue weighted by Gasteiger charge is -2.27. The van der Waals surface area contributed by atoms with Crippen molar-refractivity contribution >= 4 is 17.1 Å². The number of benzene rings is 3. The molecule has 3 rings (SSSR count). The third-order valence-corrected chi connectivity index (χ3v) is 3.90. The van der Waals surface area contributed by atoms with Gasteiger partial charge in [-0.3, -0.25) is 0 Å². The van der Waals surface area contributed by atoms with Crippen molar-refractivity contribution in [2.24, 2.45) is 0 Å². The van der Waals surface area contributed by atoms with Gasteiger partial charge in [0.25, 0.3) is 0 Å². The van der Waals surface area contributed by atoms with Gasteiger partial charge in [-0.1, -0.05) is 48.5 Å². The molecule has 0 aliphatic carbocycles. The topological polar surface area (TPSA) is 29.3 Å². The Balaban J connectivity index is 2.09. The molecule has 0 saturated carbocycles. The molecule has 0 spiro atoms. The smallest absolute Gasteiger partial charge is 0.397 e. The van der Waals surface area contributed by atoms with Crippen LogP contribution in [0.1, 0.15) is 11.1 Å². The number of anilines is 3. The third-order valence-electron chi connectivity index (χ3n) is 3.90. The van der Waals surface area contributed by atoms with Crippen molar-refractivity contribution in [3.05, 3.63) is 90.0 Å². The third kappa shape index (κ3) is 3.94. The quantitative estimate of drug-likeness (QED) is 0.623. The number of nitrogens with zero attached hydrogens (tertiary/aromatic N) is 1. The molecule has 0 bridgehead atoms. The highest BCUT2D eigenvalue weighted by Gasteiger charge is 2.31. The summed E-state index contributed by atoms with van der Waals surface area (Å²) in [5.74, 6) is 0. The van der Waals surface area contributed by atoms with Gasteiger partial charge < -0.3 is 10.6 Å². The number of nitrogen functional groups attached to an aromatic ring is 1. The highest BCUT2D eigenvalue weighted by molar-refractivity contribution is 5.75. The molecule has 2 nitrogen and oxygen atoms in total. The lowest BCUT2D eigenvalue weighted by atomic mass is 10.1. The first kappa shape index (κ1) is 16.9. The van der Waals surface area contributed by atoms with E-state index in [0.717, 1.165) is 23.4 Å². The number of alkyl halides is 3. The Hall–Kier alpha value is -2.95. The van der Waals surface area contributed by atoms with E-state index in [9.17, 15) is 13.2 Å². The first-order chi connectivity index (χ1) is 11.9. The molecule has 0 atom stereocenters. The molecule has 0 aromatic heterocycles. The molecule has 0 aliphatic heterocycles. The van der Waals surface area contributed by atoms with E-state index in [1.165, 1.54) is 6.07 Å². The van der Waals surface area contributed by atoms with E-state index in [-0.39, 0.29) is 0 Å². The minimum Gasteiger partial charge on any atom is -0.397 e. The van der Waals surface area contributed by atoms with Crippen LogP contribution in [-0.2, 0) is 12.7 Å². The normalized spacial score (nSPS) is 11.3. The fourth-order valence-electron chi connectivity index (χ4n) is 2.64. The van der Waals surface area contributed by atoms with Crippen molar-refractivity contribution in [3.8, 4) is 0 Å². The molecule has 0 amide bonds. The molecular weight excluding hydrogens is 325 g/mol. The van der Waals surface area contributed by atoms with Crippen LogP contribution in [0, 0.1) is 0 Å². The first-order valence-corrected chi connectivity index (χ1v) is 7.78. The first-order valence-electron chi connectivity index (χ1n) is 7.78. The molecule has 0 fully saturated rings. The molecule has 2 N–H and O–H groups in total. The zero-order valence-corrected chi connectivity index (χ0v) is 13.4. The zero-order chi connectivity index (χ0) is 17.9. The average molecular weight is 342 g/mol. The van der Waals surface area contributed by atoms with Crippen molar-refractivity contribution < 1.29 is 13.2 Å². The van der Waals surface area contributed by atoms with Gasteiger partial charge in [0.15, 0.2) is 0 Å². The van der Waals surface area contributed by atoms with E-state index >= 15 is 0 Å². The van der Waals surface area contributed by atoms with E-state index < -0.39 is 11.7 Å². The molecule has 0 saturated heterocycles. The summed E-state index contributed by atoms with van der Waals surface area (Å²) in [6.07, 6.45) is -4.42. The summed E-state index contributed by atoms with van der Waals surface area (Å²) in [5, 5.41) is 0. The monoisotopic (exact) mass is 342 g/mol. The van der Waals surface area contributed by atoms with Crippen molar-refractivity contribution in [1.29, 1.82) is 0 Å². The van der Waals surface area contributed by atoms with Crippen molar-refractivity contribution in [2.75, 3.05) is 10.6 Å². The van der Waals surface area contributed by atoms with Gasteiger partial charge in [-0.25, -0.2) is 0 Å². The fraction of sp³-hybridized carbons (Fsp3) is 0.100. The van der Waals surface area contributed by atoms with Crippen LogP contribution >= 0.6 is 0 Å². The molecule has 0 aliphatic rings. The van der Waals surface area contributed by atoms with Gasteiger partial charge in [0, 0.05) is 12.2 Å². The van der Waals surface area contributed by atoms with Crippen molar-refractivity contribution in [1.82, 2.24) is 0 Å². The predicted octanol–water partition coefficient (Wildman–Crippen LogP) is 5.63. The molecule has 0 unspecified atom stereocenters. The Morgan fingerprint density at radius 2 is 1.40 bits per heavy atom. The molecule has 0 radical (unpaired) electrons. The summed E-state index contributed by atoms with van der Waals surface area (Å²) < 4.78 is 39.4. The van der Waals surface area contributed by atoms with E-state index in [4.69, 9.17) is 5.73 Å². The minimum atomic E-state index is -4.42. The summed E-state index contributed by atoms with van der Waals surface area (Å²) in [7, 11) is 0. The second-order valence-corrected chi connectivity index (χ2v) is 5.68. The van der Waals surface area contributed by atoms with Gasteiger partial charge >= 0.3 is 6.18 Å². The summed E-state index contributed by atoms with van der Waals surface area (Å²) in [6.45, 7) is 0.413. The fourth-order valence-corrected chi connectivity index (χ4v) is 2.64. The Kier molecular flexibility index (Phi) is 4.65. The van der Waals surface area contributed by atoms with Gasteiger partial charge in [-0.2, -0.15) is 13.2 Å². The summed E-state index contributed by atoms with van der Waals surface area (Å²) in [4.78, 5) is 1.79. The molecule has 25 heavy (non-hydrogen) atoms. The number of rotatable bonds is 4. The minimum absolute atomic E-state index is 0.299. The van der Waals surface area contributed by atoms with Gasteiger partial charge in [-0.05, 0) is 35.9 Å². The van der Waals surface area contributed by atoms with E-state index in [2.05, 4.69) is 0 Å². The van der Waals surface area contributed by atoms with Crippen LogP contribution in [0.4, 0.5) is 30.2 Å². The van der Waals surface area contributed by atoms with Gasteiger partial charge in [0.2, 0.25) is 0 Å². The molecular formula is C20H17F3N2. The summed E-state index contributed by atoms with van der Waals surface area (Å²) in [6, 6.07) is 22.2. The Labute approximate surface area is 144 Å². The maximum Gasteiger partial charge on any atom is 0.416 e. The van der Waals surface area contributed by atoms with Gasteiger partial charge in [-0.15, -0.1) is 0 Å². The second kappa shape index (κ2) is 6.89. The summed E-state index contributed by atoms with van der Waals surface area (Å²) in [5.41, 5.74) is 7.69. The zero-order valence-electron chi connectivity index (χ0n) is 13.4. The van der Waals surface area contributed by atoms with Crippen LogP contribution in [0.25, 0.3) is 0 Å². The predicted molar refractivity (Wildman–Crippen MR) is 94.6 cm³/mol. The SMILES string of the molecule is Nc1ccc(C(F)(F)F)cc1N(Cc1ccccc1)c1ccccc1.